The van der Waals surface area contributed by atoms with Crippen LogP contribution in [0.15, 0.2) is 60.0 Å². The molecule has 2 aromatic rings. The largest absolute Gasteiger partial charge is 0.349 e. The van der Waals surface area contributed by atoms with Crippen molar-refractivity contribution in [3.8, 4) is 0 Å². The summed E-state index contributed by atoms with van der Waals surface area (Å²) in [6.07, 6.45) is 1.60. The minimum absolute atomic E-state index is 0.157. The Labute approximate surface area is 148 Å². The Hall–Kier alpha value is -2.44. The van der Waals surface area contributed by atoms with E-state index >= 15 is 0 Å². The van der Waals surface area contributed by atoms with E-state index in [1.165, 1.54) is 0 Å². The van der Waals surface area contributed by atoms with Crippen molar-refractivity contribution in [1.29, 1.82) is 0 Å². The van der Waals surface area contributed by atoms with Gasteiger partial charge in [-0.15, -0.1) is 6.58 Å². The van der Waals surface area contributed by atoms with Crippen LogP contribution in [0, 0.1) is 13.8 Å². The molecule has 0 bridgehead atoms. The number of rotatable bonds is 7. The van der Waals surface area contributed by atoms with E-state index in [4.69, 9.17) is 0 Å². The Kier molecular flexibility index (Phi) is 6.12. The third-order valence-corrected chi connectivity index (χ3v) is 5.28. The third-order valence-electron chi connectivity index (χ3n) is 3.88. The predicted molar refractivity (Wildman–Crippen MR) is 98.9 cm³/mol. The van der Waals surface area contributed by atoms with E-state index in [2.05, 4.69) is 16.6 Å². The van der Waals surface area contributed by atoms with Gasteiger partial charge in [0.05, 0.1) is 4.90 Å². The van der Waals surface area contributed by atoms with Crippen LogP contribution < -0.4 is 10.0 Å². The molecule has 0 spiro atoms. The number of nitrogens with one attached hydrogen (secondary N) is 2. The maximum atomic E-state index is 12.4. The second kappa shape index (κ2) is 8.09. The summed E-state index contributed by atoms with van der Waals surface area (Å²) >= 11 is 0. The topological polar surface area (TPSA) is 75.3 Å². The lowest BCUT2D eigenvalue weighted by atomic mass is 10.1. The molecular weight excluding hydrogens is 336 g/mol. The van der Waals surface area contributed by atoms with Gasteiger partial charge in [-0.05, 0) is 54.8 Å². The molecule has 0 aliphatic heterocycles. The summed E-state index contributed by atoms with van der Waals surface area (Å²) in [5, 5.41) is 2.69. The van der Waals surface area contributed by atoms with Gasteiger partial charge in [0.15, 0.2) is 0 Å². The fraction of sp³-hybridized carbons (Fsp3) is 0.211. The van der Waals surface area contributed by atoms with E-state index in [9.17, 15) is 13.2 Å². The van der Waals surface area contributed by atoms with Gasteiger partial charge in [-0.1, -0.05) is 24.3 Å². The van der Waals surface area contributed by atoms with Gasteiger partial charge in [-0.3, -0.25) is 4.79 Å². The third kappa shape index (κ3) is 5.01. The summed E-state index contributed by atoms with van der Waals surface area (Å²) in [6, 6.07) is 11.8. The Morgan fingerprint density at radius 1 is 1.08 bits per heavy atom. The number of carbonyl (C=O) groups is 1. The Morgan fingerprint density at radius 3 is 2.36 bits per heavy atom. The normalized spacial score (nSPS) is 11.1. The van der Waals surface area contributed by atoms with Gasteiger partial charge in [0.25, 0.3) is 5.91 Å². The average molecular weight is 358 g/mol. The zero-order valence-electron chi connectivity index (χ0n) is 14.4. The standard InChI is InChI=1S/C19H22N2O3S/c1-4-11-20-19(22)17-8-6-16(7-9-17)13-21-25(23,24)18-10-5-14(2)15(3)12-18/h4-10,12,21H,1,11,13H2,2-3H3,(H,20,22). The zero-order valence-corrected chi connectivity index (χ0v) is 15.2. The molecule has 0 fully saturated rings. The first-order valence-corrected chi connectivity index (χ1v) is 9.37. The van der Waals surface area contributed by atoms with Crippen LogP contribution in [0.25, 0.3) is 0 Å². The first kappa shape index (κ1) is 18.9. The highest BCUT2D eigenvalue weighted by Gasteiger charge is 2.14. The van der Waals surface area contributed by atoms with Gasteiger partial charge >= 0.3 is 0 Å². The van der Waals surface area contributed by atoms with Crippen molar-refractivity contribution in [1.82, 2.24) is 10.0 Å². The summed E-state index contributed by atoms with van der Waals surface area (Å²) < 4.78 is 27.3. The quantitative estimate of drug-likeness (QED) is 0.747. The highest BCUT2D eigenvalue weighted by atomic mass is 32.2. The maximum absolute atomic E-state index is 12.4. The molecule has 0 atom stereocenters. The molecule has 0 radical (unpaired) electrons. The van der Waals surface area contributed by atoms with E-state index < -0.39 is 10.0 Å². The summed E-state index contributed by atoms with van der Waals surface area (Å²) in [6.45, 7) is 7.91. The van der Waals surface area contributed by atoms with Crippen LogP contribution in [0.2, 0.25) is 0 Å². The number of aryl methyl sites for hydroxylation is 2. The van der Waals surface area contributed by atoms with E-state index in [0.717, 1.165) is 16.7 Å². The van der Waals surface area contributed by atoms with Crippen LogP contribution in [-0.2, 0) is 16.6 Å². The summed E-state index contributed by atoms with van der Waals surface area (Å²) in [5.74, 6) is -0.192. The fourth-order valence-electron chi connectivity index (χ4n) is 2.18. The molecule has 0 aromatic heterocycles. The molecule has 0 heterocycles. The second-order valence-corrected chi connectivity index (χ2v) is 7.53. The molecule has 6 heteroatoms. The highest BCUT2D eigenvalue weighted by Crippen LogP contribution is 2.15. The smallest absolute Gasteiger partial charge is 0.251 e. The van der Waals surface area contributed by atoms with Gasteiger partial charge in [-0.2, -0.15) is 0 Å². The van der Waals surface area contributed by atoms with Crippen molar-refractivity contribution in [2.45, 2.75) is 25.3 Å². The van der Waals surface area contributed by atoms with E-state index in [-0.39, 0.29) is 17.3 Å². The number of sulfonamides is 1. The van der Waals surface area contributed by atoms with Crippen molar-refractivity contribution in [2.75, 3.05) is 6.54 Å². The van der Waals surface area contributed by atoms with Crippen LogP contribution in [0.1, 0.15) is 27.0 Å². The Bertz CT molecular complexity index is 872. The zero-order chi connectivity index (χ0) is 18.4. The molecule has 0 unspecified atom stereocenters. The molecule has 132 valence electrons. The summed E-state index contributed by atoms with van der Waals surface area (Å²) in [5.41, 5.74) is 3.26. The number of hydrogen-bond acceptors (Lipinski definition) is 3. The average Bonchev–Trinajstić information content (AvgIpc) is 2.60. The lowest BCUT2D eigenvalue weighted by Gasteiger charge is -2.09. The van der Waals surface area contributed by atoms with Gasteiger partial charge in [-0.25, -0.2) is 13.1 Å². The molecule has 0 saturated heterocycles. The van der Waals surface area contributed by atoms with Gasteiger partial charge in [0, 0.05) is 18.7 Å². The molecule has 0 aliphatic rings. The van der Waals surface area contributed by atoms with Gasteiger partial charge < -0.3 is 5.32 Å². The van der Waals surface area contributed by atoms with Gasteiger partial charge in [0.1, 0.15) is 0 Å². The van der Waals surface area contributed by atoms with Crippen LogP contribution in [0.3, 0.4) is 0 Å². The Morgan fingerprint density at radius 2 is 1.76 bits per heavy atom. The Balaban J connectivity index is 2.03. The number of carbonyl (C=O) groups excluding carboxylic acids is 1. The van der Waals surface area contributed by atoms with E-state index in [0.29, 0.717) is 12.1 Å². The minimum atomic E-state index is -3.58. The number of benzene rings is 2. The van der Waals surface area contributed by atoms with Crippen LogP contribution in [0.5, 0.6) is 0 Å². The number of amides is 1. The fourth-order valence-corrected chi connectivity index (χ4v) is 3.29. The van der Waals surface area contributed by atoms with Crippen molar-refractivity contribution in [2.24, 2.45) is 0 Å². The van der Waals surface area contributed by atoms with Crippen molar-refractivity contribution in [3.05, 3.63) is 77.4 Å². The van der Waals surface area contributed by atoms with E-state index in [1.54, 1.807) is 48.5 Å². The molecule has 5 nitrogen and oxygen atoms in total. The van der Waals surface area contributed by atoms with Crippen molar-refractivity contribution < 1.29 is 13.2 Å². The summed E-state index contributed by atoms with van der Waals surface area (Å²) in [7, 11) is -3.58. The minimum Gasteiger partial charge on any atom is -0.349 e. The molecule has 0 aliphatic carbocycles. The number of hydrogen-bond donors (Lipinski definition) is 2. The maximum Gasteiger partial charge on any atom is 0.251 e. The van der Waals surface area contributed by atoms with Gasteiger partial charge in [0.2, 0.25) is 10.0 Å². The second-order valence-electron chi connectivity index (χ2n) is 5.77. The SMILES string of the molecule is C=CCNC(=O)c1ccc(CNS(=O)(=O)c2ccc(C)c(C)c2)cc1. The first-order chi connectivity index (χ1) is 11.8. The highest BCUT2D eigenvalue weighted by molar-refractivity contribution is 7.89. The lowest BCUT2D eigenvalue weighted by molar-refractivity contribution is 0.0958. The van der Waals surface area contributed by atoms with Crippen LogP contribution >= 0.6 is 0 Å². The molecule has 2 N–H and O–H groups in total. The summed E-state index contributed by atoms with van der Waals surface area (Å²) in [4.78, 5) is 12.1. The predicted octanol–water partition coefficient (Wildman–Crippen LogP) is 2.70. The molecule has 0 saturated carbocycles. The van der Waals surface area contributed by atoms with Crippen LogP contribution in [0.4, 0.5) is 0 Å². The lowest BCUT2D eigenvalue weighted by Crippen LogP contribution is -2.24. The van der Waals surface area contributed by atoms with Crippen molar-refractivity contribution >= 4 is 15.9 Å². The molecule has 1 amide bonds. The molecule has 25 heavy (non-hydrogen) atoms. The molecule has 2 aromatic carbocycles. The molecular formula is C19H22N2O3S. The first-order valence-electron chi connectivity index (χ1n) is 7.88. The van der Waals surface area contributed by atoms with Crippen molar-refractivity contribution in [3.63, 3.8) is 0 Å². The van der Waals surface area contributed by atoms with E-state index in [1.807, 2.05) is 13.8 Å². The van der Waals surface area contributed by atoms with Crippen LogP contribution in [-0.4, -0.2) is 20.9 Å². The monoisotopic (exact) mass is 358 g/mol. The molecule has 2 rings (SSSR count).